The molecule has 0 aromatic heterocycles. The van der Waals surface area contributed by atoms with Gasteiger partial charge in [-0.2, -0.15) is 5.26 Å². The van der Waals surface area contributed by atoms with Crippen molar-refractivity contribution in [1.82, 2.24) is 0 Å². The van der Waals surface area contributed by atoms with E-state index in [1.807, 2.05) is 0 Å². The fourth-order valence-electron chi connectivity index (χ4n) is 0.943. The second-order valence-electron chi connectivity index (χ2n) is 2.57. The number of aliphatic hydroxyl groups excluding tert-OH is 2. The average molecular weight is 181 g/mol. The molecule has 1 aromatic carbocycles. The summed E-state index contributed by atoms with van der Waals surface area (Å²) in [7, 11) is 0. The highest BCUT2D eigenvalue weighted by Crippen LogP contribution is 2.16. The van der Waals surface area contributed by atoms with Crippen molar-refractivity contribution in [2.24, 2.45) is 0 Å². The van der Waals surface area contributed by atoms with Gasteiger partial charge in [0.25, 0.3) is 0 Å². The quantitative estimate of drug-likeness (QED) is 0.661. The van der Waals surface area contributed by atoms with Gasteiger partial charge in [0.1, 0.15) is 11.9 Å². The fourth-order valence-corrected chi connectivity index (χ4v) is 0.943. The lowest BCUT2D eigenvalue weighted by molar-refractivity contribution is 0.0526. The molecule has 1 rings (SSSR count). The summed E-state index contributed by atoms with van der Waals surface area (Å²) in [6, 6.07) is 6.60. The first kappa shape index (κ1) is 9.65. The highest BCUT2D eigenvalue weighted by molar-refractivity contribution is 5.21. The van der Waals surface area contributed by atoms with Crippen LogP contribution in [0.4, 0.5) is 4.39 Å². The van der Waals surface area contributed by atoms with Crippen LogP contribution in [-0.4, -0.2) is 16.3 Å². The molecule has 1 aromatic rings. The van der Waals surface area contributed by atoms with Crippen molar-refractivity contribution >= 4 is 0 Å². The van der Waals surface area contributed by atoms with Crippen LogP contribution in [0.5, 0.6) is 0 Å². The van der Waals surface area contributed by atoms with E-state index in [0.717, 1.165) is 6.07 Å². The number of aliphatic hydroxyl groups is 2. The Balaban J connectivity index is 2.90. The van der Waals surface area contributed by atoms with Gasteiger partial charge in [-0.1, -0.05) is 12.1 Å². The van der Waals surface area contributed by atoms with Crippen LogP contribution >= 0.6 is 0 Å². The van der Waals surface area contributed by atoms with E-state index in [2.05, 4.69) is 0 Å². The van der Waals surface area contributed by atoms with Crippen LogP contribution in [0.2, 0.25) is 0 Å². The number of hydrogen-bond donors (Lipinski definition) is 2. The SMILES string of the molecule is N#CC(O)C(O)c1cccc(F)c1. The molecule has 2 unspecified atom stereocenters. The Kier molecular flexibility index (Phi) is 2.96. The highest BCUT2D eigenvalue weighted by Gasteiger charge is 2.17. The van der Waals surface area contributed by atoms with Gasteiger partial charge >= 0.3 is 0 Å². The van der Waals surface area contributed by atoms with Crippen LogP contribution in [0.15, 0.2) is 24.3 Å². The van der Waals surface area contributed by atoms with Crippen molar-refractivity contribution in [2.75, 3.05) is 0 Å². The molecule has 0 heterocycles. The van der Waals surface area contributed by atoms with Crippen molar-refractivity contribution < 1.29 is 14.6 Å². The average Bonchev–Trinajstić information content (AvgIpc) is 2.15. The van der Waals surface area contributed by atoms with Gasteiger partial charge in [-0.25, -0.2) is 4.39 Å². The van der Waals surface area contributed by atoms with Crippen molar-refractivity contribution in [1.29, 1.82) is 5.26 Å². The van der Waals surface area contributed by atoms with E-state index >= 15 is 0 Å². The first-order valence-electron chi connectivity index (χ1n) is 3.66. The maximum Gasteiger partial charge on any atom is 0.170 e. The summed E-state index contributed by atoms with van der Waals surface area (Å²) in [5, 5.41) is 26.5. The lowest BCUT2D eigenvalue weighted by Crippen LogP contribution is -2.15. The van der Waals surface area contributed by atoms with E-state index in [1.165, 1.54) is 24.3 Å². The molecular formula is C9H8FNO2. The topological polar surface area (TPSA) is 64.2 Å². The maximum atomic E-state index is 12.6. The number of hydrogen-bond acceptors (Lipinski definition) is 3. The first-order chi connectivity index (χ1) is 6.15. The molecule has 0 aliphatic carbocycles. The van der Waals surface area contributed by atoms with Crippen molar-refractivity contribution in [2.45, 2.75) is 12.2 Å². The maximum absolute atomic E-state index is 12.6. The molecule has 0 aliphatic rings. The number of nitriles is 1. The molecule has 0 saturated heterocycles. The summed E-state index contributed by atoms with van der Waals surface area (Å²) in [6.45, 7) is 0. The third-order valence-corrected chi connectivity index (χ3v) is 1.62. The minimum atomic E-state index is -1.53. The van der Waals surface area contributed by atoms with E-state index in [1.54, 1.807) is 0 Å². The van der Waals surface area contributed by atoms with Crippen molar-refractivity contribution in [3.8, 4) is 6.07 Å². The second kappa shape index (κ2) is 3.99. The first-order valence-corrected chi connectivity index (χ1v) is 3.66. The van der Waals surface area contributed by atoms with Gasteiger partial charge in [0.15, 0.2) is 6.10 Å². The summed E-state index contributed by atoms with van der Waals surface area (Å²) in [5.74, 6) is -0.512. The molecule has 0 bridgehead atoms. The van der Waals surface area contributed by atoms with Gasteiger partial charge in [0.05, 0.1) is 6.07 Å². The summed E-state index contributed by atoms with van der Waals surface area (Å²) in [4.78, 5) is 0. The molecular weight excluding hydrogens is 173 g/mol. The largest absolute Gasteiger partial charge is 0.385 e. The summed E-state index contributed by atoms with van der Waals surface area (Å²) < 4.78 is 12.6. The summed E-state index contributed by atoms with van der Waals surface area (Å²) >= 11 is 0. The van der Waals surface area contributed by atoms with Gasteiger partial charge < -0.3 is 10.2 Å². The summed E-state index contributed by atoms with van der Waals surface area (Å²) in [6.07, 6.45) is -2.89. The highest BCUT2D eigenvalue weighted by atomic mass is 19.1. The molecule has 0 fully saturated rings. The molecule has 0 amide bonds. The molecule has 2 atom stereocenters. The lowest BCUT2D eigenvalue weighted by Gasteiger charge is -2.11. The molecule has 2 N–H and O–H groups in total. The second-order valence-corrected chi connectivity index (χ2v) is 2.57. The molecule has 4 heteroatoms. The number of nitrogens with zero attached hydrogens (tertiary/aromatic N) is 1. The standard InChI is InChI=1S/C9H8FNO2/c10-7-3-1-2-6(4-7)9(13)8(12)5-11/h1-4,8-9,12-13H. The zero-order chi connectivity index (χ0) is 9.84. The Morgan fingerprint density at radius 1 is 1.38 bits per heavy atom. The van der Waals surface area contributed by atoms with Crippen LogP contribution in [0.1, 0.15) is 11.7 Å². The summed E-state index contributed by atoms with van der Waals surface area (Å²) in [5.41, 5.74) is 0.189. The Morgan fingerprint density at radius 2 is 2.08 bits per heavy atom. The van der Waals surface area contributed by atoms with E-state index < -0.39 is 18.0 Å². The fraction of sp³-hybridized carbons (Fsp3) is 0.222. The van der Waals surface area contributed by atoms with E-state index in [-0.39, 0.29) is 5.56 Å². The lowest BCUT2D eigenvalue weighted by atomic mass is 10.1. The van der Waals surface area contributed by atoms with Gasteiger partial charge in [0, 0.05) is 0 Å². The van der Waals surface area contributed by atoms with Gasteiger partial charge in [-0.15, -0.1) is 0 Å². The van der Waals surface area contributed by atoms with Gasteiger partial charge in [0.2, 0.25) is 0 Å². The van der Waals surface area contributed by atoms with E-state index in [9.17, 15) is 9.50 Å². The van der Waals surface area contributed by atoms with Crippen LogP contribution in [-0.2, 0) is 0 Å². The van der Waals surface area contributed by atoms with E-state index in [0.29, 0.717) is 0 Å². The molecule has 0 spiro atoms. The van der Waals surface area contributed by atoms with Crippen LogP contribution in [0.25, 0.3) is 0 Å². The smallest absolute Gasteiger partial charge is 0.170 e. The van der Waals surface area contributed by atoms with Crippen LogP contribution in [0.3, 0.4) is 0 Å². The molecule has 0 saturated carbocycles. The predicted molar refractivity (Wildman–Crippen MR) is 43.0 cm³/mol. The third-order valence-electron chi connectivity index (χ3n) is 1.62. The van der Waals surface area contributed by atoms with Crippen LogP contribution in [0, 0.1) is 17.1 Å². The number of benzene rings is 1. The molecule has 0 radical (unpaired) electrons. The van der Waals surface area contributed by atoms with E-state index in [4.69, 9.17) is 10.4 Å². The Bertz CT molecular complexity index is 335. The van der Waals surface area contributed by atoms with Crippen LogP contribution < -0.4 is 0 Å². The Morgan fingerprint density at radius 3 is 2.62 bits per heavy atom. The zero-order valence-corrected chi connectivity index (χ0v) is 6.68. The van der Waals surface area contributed by atoms with Crippen molar-refractivity contribution in [3.63, 3.8) is 0 Å². The van der Waals surface area contributed by atoms with Crippen molar-refractivity contribution in [3.05, 3.63) is 35.6 Å². The van der Waals surface area contributed by atoms with Gasteiger partial charge in [-0.05, 0) is 17.7 Å². The molecule has 13 heavy (non-hydrogen) atoms. The molecule has 68 valence electrons. The van der Waals surface area contributed by atoms with Gasteiger partial charge in [-0.3, -0.25) is 0 Å². The number of rotatable bonds is 2. The Labute approximate surface area is 74.7 Å². The molecule has 3 nitrogen and oxygen atoms in total. The number of halogens is 1. The minimum absolute atomic E-state index is 0.189. The Hall–Kier alpha value is -1.44. The molecule has 0 aliphatic heterocycles. The predicted octanol–water partition coefficient (Wildman–Crippen LogP) is 0.744. The monoisotopic (exact) mass is 181 g/mol. The minimum Gasteiger partial charge on any atom is -0.385 e. The third kappa shape index (κ3) is 2.25. The normalized spacial score (nSPS) is 14.6. The zero-order valence-electron chi connectivity index (χ0n) is 6.68.